The Hall–Kier alpha value is -2.42. The Labute approximate surface area is 194 Å². The van der Waals surface area contributed by atoms with E-state index >= 15 is 0 Å². The van der Waals surface area contributed by atoms with Gasteiger partial charge in [-0.3, -0.25) is 4.79 Å². The van der Waals surface area contributed by atoms with E-state index in [1.807, 2.05) is 18.2 Å². The predicted octanol–water partition coefficient (Wildman–Crippen LogP) is 3.99. The summed E-state index contributed by atoms with van der Waals surface area (Å²) in [6.07, 6.45) is 2.75. The van der Waals surface area contributed by atoms with Crippen LogP contribution in [-0.4, -0.2) is 42.3 Å². The summed E-state index contributed by atoms with van der Waals surface area (Å²) in [5.41, 5.74) is 2.44. The maximum atomic E-state index is 12.5. The van der Waals surface area contributed by atoms with Crippen molar-refractivity contribution < 1.29 is 13.2 Å². The molecule has 0 aliphatic heterocycles. The molecule has 0 saturated heterocycles. The third-order valence-corrected chi connectivity index (χ3v) is 7.31. The van der Waals surface area contributed by atoms with E-state index in [-0.39, 0.29) is 10.8 Å². The van der Waals surface area contributed by atoms with E-state index < -0.39 is 10.0 Å². The number of amides is 1. The molecule has 2 aromatic carbocycles. The smallest absolute Gasteiger partial charge is 0.242 e. The molecule has 0 saturated carbocycles. The average molecular weight is 477 g/mol. The van der Waals surface area contributed by atoms with Crippen LogP contribution in [0, 0.1) is 0 Å². The van der Waals surface area contributed by atoms with E-state index in [1.165, 1.54) is 18.4 Å². The molecule has 32 heavy (non-hydrogen) atoms. The number of carbonyl (C=O) groups excluding carboxylic acids is 1. The second-order valence-corrected chi connectivity index (χ2v) is 10.5. The maximum Gasteiger partial charge on any atom is 0.242 e. The lowest BCUT2D eigenvalue weighted by Crippen LogP contribution is -2.23. The number of benzene rings is 2. The molecule has 1 amide bonds. The molecule has 9 heteroatoms. The van der Waals surface area contributed by atoms with Gasteiger partial charge in [0, 0.05) is 45.0 Å². The topological polar surface area (TPSA) is 84.3 Å². The van der Waals surface area contributed by atoms with Gasteiger partial charge in [-0.1, -0.05) is 37.1 Å². The first-order valence-corrected chi connectivity index (χ1v) is 12.5. The van der Waals surface area contributed by atoms with Crippen LogP contribution in [0.3, 0.4) is 0 Å². The number of aryl methyl sites for hydroxylation is 2. The molecule has 7 nitrogen and oxygen atoms in total. The fourth-order valence-corrected chi connectivity index (χ4v) is 4.58. The number of aromatic nitrogens is 2. The molecule has 0 fully saturated rings. The number of nitrogens with one attached hydrogen (secondary N) is 1. The number of imidazole rings is 1. The summed E-state index contributed by atoms with van der Waals surface area (Å²) in [5, 5.41) is 3.55. The van der Waals surface area contributed by atoms with Crippen LogP contribution in [0.1, 0.15) is 37.6 Å². The van der Waals surface area contributed by atoms with Gasteiger partial charge in [0.15, 0.2) is 0 Å². The Morgan fingerprint density at radius 2 is 1.97 bits per heavy atom. The minimum atomic E-state index is -3.54. The van der Waals surface area contributed by atoms with E-state index in [0.29, 0.717) is 29.9 Å². The molecule has 3 aromatic rings. The fraction of sp³-hybridized carbons (Fsp3) is 0.391. The van der Waals surface area contributed by atoms with E-state index in [4.69, 9.17) is 11.6 Å². The molecule has 0 atom stereocenters. The summed E-state index contributed by atoms with van der Waals surface area (Å²) in [6.45, 7) is 3.30. The quantitative estimate of drug-likeness (QED) is 0.479. The van der Waals surface area contributed by atoms with Gasteiger partial charge in [-0.2, -0.15) is 0 Å². The number of nitrogens with zero attached hydrogens (tertiary/aromatic N) is 3. The average Bonchev–Trinajstić information content (AvgIpc) is 3.11. The largest absolute Gasteiger partial charge is 0.352 e. The summed E-state index contributed by atoms with van der Waals surface area (Å²) in [7, 11) is -0.527. The van der Waals surface area contributed by atoms with Crippen LogP contribution < -0.4 is 5.32 Å². The van der Waals surface area contributed by atoms with Gasteiger partial charge in [-0.05, 0) is 42.3 Å². The molecule has 1 aromatic heterocycles. The number of carbonyl (C=O) groups is 1. The van der Waals surface area contributed by atoms with Gasteiger partial charge in [0.2, 0.25) is 15.9 Å². The molecule has 0 bridgehead atoms. The van der Waals surface area contributed by atoms with Crippen molar-refractivity contribution in [3.05, 3.63) is 58.9 Å². The van der Waals surface area contributed by atoms with Gasteiger partial charge >= 0.3 is 0 Å². The van der Waals surface area contributed by atoms with E-state index in [0.717, 1.165) is 36.3 Å². The molecule has 0 radical (unpaired) electrons. The van der Waals surface area contributed by atoms with Crippen molar-refractivity contribution in [3.8, 4) is 0 Å². The van der Waals surface area contributed by atoms with Gasteiger partial charge in [-0.25, -0.2) is 17.7 Å². The predicted molar refractivity (Wildman–Crippen MR) is 127 cm³/mol. The molecular formula is C23H29ClN4O3S. The highest BCUT2D eigenvalue weighted by Crippen LogP contribution is 2.23. The Balaban J connectivity index is 1.77. The summed E-state index contributed by atoms with van der Waals surface area (Å²) >= 11 is 5.99. The Morgan fingerprint density at radius 3 is 2.66 bits per heavy atom. The number of fused-ring (bicyclic) bond motifs is 1. The summed E-state index contributed by atoms with van der Waals surface area (Å²) in [4.78, 5) is 17.3. The lowest BCUT2D eigenvalue weighted by atomic mass is 10.2. The van der Waals surface area contributed by atoms with Gasteiger partial charge in [0.05, 0.1) is 15.9 Å². The molecule has 1 N–H and O–H groups in total. The maximum absolute atomic E-state index is 12.5. The fourth-order valence-electron chi connectivity index (χ4n) is 3.45. The van der Waals surface area contributed by atoms with Crippen LogP contribution in [-0.2, 0) is 34.3 Å². The van der Waals surface area contributed by atoms with Crippen molar-refractivity contribution >= 4 is 38.6 Å². The van der Waals surface area contributed by atoms with Crippen molar-refractivity contribution in [2.75, 3.05) is 14.1 Å². The van der Waals surface area contributed by atoms with Crippen LogP contribution in [0.15, 0.2) is 47.4 Å². The van der Waals surface area contributed by atoms with Crippen LogP contribution >= 0.6 is 11.6 Å². The Kier molecular flexibility index (Phi) is 7.92. The number of hydrogen-bond donors (Lipinski definition) is 1. The van der Waals surface area contributed by atoms with E-state index in [2.05, 4.69) is 21.8 Å². The van der Waals surface area contributed by atoms with Crippen LogP contribution in [0.5, 0.6) is 0 Å². The Bertz CT molecular complexity index is 1210. The van der Waals surface area contributed by atoms with Crippen molar-refractivity contribution in [1.82, 2.24) is 19.2 Å². The normalized spacial score (nSPS) is 11.9. The van der Waals surface area contributed by atoms with E-state index in [1.54, 1.807) is 24.3 Å². The number of unbranched alkanes of at least 4 members (excludes halogenated alkanes) is 1. The van der Waals surface area contributed by atoms with Crippen molar-refractivity contribution in [3.63, 3.8) is 0 Å². The zero-order chi connectivity index (χ0) is 23.3. The van der Waals surface area contributed by atoms with Gasteiger partial charge < -0.3 is 9.88 Å². The van der Waals surface area contributed by atoms with E-state index in [9.17, 15) is 13.2 Å². The molecule has 3 rings (SSSR count). The molecule has 0 unspecified atom stereocenters. The van der Waals surface area contributed by atoms with Gasteiger partial charge in [0.1, 0.15) is 5.82 Å². The molecule has 0 aliphatic rings. The minimum absolute atomic E-state index is 0.0741. The van der Waals surface area contributed by atoms with Crippen molar-refractivity contribution in [2.24, 2.45) is 0 Å². The molecule has 0 aliphatic carbocycles. The SMILES string of the molecule is CCCCn1c(CCC(=O)NCc2cccc(Cl)c2)nc2cc(S(=O)(=O)N(C)C)ccc21. The lowest BCUT2D eigenvalue weighted by molar-refractivity contribution is -0.121. The third-order valence-electron chi connectivity index (χ3n) is 5.27. The standard InChI is InChI=1S/C23H29ClN4O3S/c1-4-5-13-28-21-10-9-19(32(30,31)27(2)3)15-20(21)26-22(28)11-12-23(29)25-16-17-7-6-8-18(24)14-17/h6-10,14-15H,4-5,11-13,16H2,1-3H3,(H,25,29). The number of rotatable bonds is 10. The number of hydrogen-bond acceptors (Lipinski definition) is 4. The monoisotopic (exact) mass is 476 g/mol. The first-order chi connectivity index (χ1) is 15.2. The minimum Gasteiger partial charge on any atom is -0.352 e. The van der Waals surface area contributed by atoms with Gasteiger partial charge in [0.25, 0.3) is 0 Å². The summed E-state index contributed by atoms with van der Waals surface area (Å²) in [5.74, 6) is 0.709. The third kappa shape index (κ3) is 5.68. The highest BCUT2D eigenvalue weighted by molar-refractivity contribution is 7.89. The second kappa shape index (κ2) is 10.5. The summed E-state index contributed by atoms with van der Waals surface area (Å²) < 4.78 is 28.3. The zero-order valence-electron chi connectivity index (χ0n) is 18.6. The van der Waals surface area contributed by atoms with Crippen LogP contribution in [0.2, 0.25) is 5.02 Å². The molecule has 1 heterocycles. The zero-order valence-corrected chi connectivity index (χ0v) is 20.2. The first-order valence-electron chi connectivity index (χ1n) is 10.6. The molecule has 172 valence electrons. The number of halogens is 1. The summed E-state index contributed by atoms with van der Waals surface area (Å²) in [6, 6.07) is 12.4. The van der Waals surface area contributed by atoms with Crippen molar-refractivity contribution in [2.45, 2.75) is 50.6 Å². The van der Waals surface area contributed by atoms with Gasteiger partial charge in [-0.15, -0.1) is 0 Å². The van der Waals surface area contributed by atoms with Crippen LogP contribution in [0.25, 0.3) is 11.0 Å². The molecular weight excluding hydrogens is 448 g/mol. The second-order valence-electron chi connectivity index (χ2n) is 7.88. The van der Waals surface area contributed by atoms with Crippen molar-refractivity contribution in [1.29, 1.82) is 0 Å². The Morgan fingerprint density at radius 1 is 1.19 bits per heavy atom. The van der Waals surface area contributed by atoms with Crippen LogP contribution in [0.4, 0.5) is 0 Å². The highest BCUT2D eigenvalue weighted by atomic mass is 35.5. The number of sulfonamides is 1. The molecule has 0 spiro atoms. The highest BCUT2D eigenvalue weighted by Gasteiger charge is 2.20. The first kappa shape index (κ1) is 24.2. The lowest BCUT2D eigenvalue weighted by Gasteiger charge is -2.11.